The second-order valence-corrected chi connectivity index (χ2v) is 6.40. The minimum atomic E-state index is -3.46. The minimum absolute atomic E-state index is 0.0349. The highest BCUT2D eigenvalue weighted by molar-refractivity contribution is 7.92. The van der Waals surface area contributed by atoms with Gasteiger partial charge < -0.3 is 4.74 Å². The van der Waals surface area contributed by atoms with Gasteiger partial charge >= 0.3 is 0 Å². The third-order valence-electron chi connectivity index (χ3n) is 2.62. The van der Waals surface area contributed by atoms with Crippen LogP contribution in [-0.4, -0.2) is 32.8 Å². The second kappa shape index (κ2) is 6.65. The van der Waals surface area contributed by atoms with E-state index in [2.05, 4.69) is 0 Å². The number of carbonyl (C=O) groups excluding carboxylic acids is 1. The first-order chi connectivity index (χ1) is 8.89. The van der Waals surface area contributed by atoms with Gasteiger partial charge in [0, 0.05) is 0 Å². The summed E-state index contributed by atoms with van der Waals surface area (Å²) < 4.78 is 41.5. The molecule has 0 spiro atoms. The highest BCUT2D eigenvalue weighted by atomic mass is 32.2. The predicted molar refractivity (Wildman–Crippen MR) is 70.8 cm³/mol. The lowest BCUT2D eigenvalue weighted by Crippen LogP contribution is -2.19. The quantitative estimate of drug-likeness (QED) is 0.722. The summed E-state index contributed by atoms with van der Waals surface area (Å²) in [6.07, 6.45) is 1.24. The zero-order chi connectivity index (χ0) is 14.5. The summed E-state index contributed by atoms with van der Waals surface area (Å²) in [6.45, 7) is 1.87. The normalized spacial score (nSPS) is 11.3. The molecule has 4 nitrogen and oxygen atoms in total. The molecule has 0 aliphatic rings. The topological polar surface area (TPSA) is 60.4 Å². The van der Waals surface area contributed by atoms with Gasteiger partial charge in [-0.3, -0.25) is 4.79 Å². The van der Waals surface area contributed by atoms with E-state index >= 15 is 0 Å². The van der Waals surface area contributed by atoms with Gasteiger partial charge in [-0.25, -0.2) is 12.8 Å². The molecular weight excluding hydrogens is 271 g/mol. The number of ketones is 1. The lowest BCUT2D eigenvalue weighted by molar-refractivity contribution is 0.101. The molecular formula is C13H17FO4S. The van der Waals surface area contributed by atoms with E-state index in [1.54, 1.807) is 0 Å². The van der Waals surface area contributed by atoms with Crippen molar-refractivity contribution in [2.24, 2.45) is 0 Å². The fourth-order valence-electron chi connectivity index (χ4n) is 1.61. The molecule has 19 heavy (non-hydrogen) atoms. The number of methoxy groups -OCH3 is 1. The average Bonchev–Trinajstić information content (AvgIpc) is 2.36. The summed E-state index contributed by atoms with van der Waals surface area (Å²) in [6, 6.07) is 3.46. The first kappa shape index (κ1) is 15.6. The third kappa shape index (κ3) is 4.63. The summed E-state index contributed by atoms with van der Waals surface area (Å²) in [7, 11) is -2.11. The van der Waals surface area contributed by atoms with Crippen molar-refractivity contribution < 1.29 is 22.3 Å². The molecule has 0 saturated carbocycles. The molecule has 0 heterocycles. The van der Waals surface area contributed by atoms with Crippen LogP contribution in [0.2, 0.25) is 0 Å². The van der Waals surface area contributed by atoms with Crippen LogP contribution in [0.15, 0.2) is 18.2 Å². The van der Waals surface area contributed by atoms with E-state index in [1.807, 2.05) is 6.92 Å². The second-order valence-electron chi connectivity index (χ2n) is 4.21. The Hall–Kier alpha value is -1.43. The van der Waals surface area contributed by atoms with Crippen molar-refractivity contribution in [2.45, 2.75) is 19.8 Å². The van der Waals surface area contributed by atoms with Gasteiger partial charge in [0.05, 0.1) is 18.4 Å². The van der Waals surface area contributed by atoms with Crippen molar-refractivity contribution in [3.8, 4) is 5.75 Å². The maximum absolute atomic E-state index is 13.1. The van der Waals surface area contributed by atoms with Crippen LogP contribution in [0.1, 0.15) is 30.1 Å². The molecule has 0 aliphatic carbocycles. The first-order valence-electron chi connectivity index (χ1n) is 5.96. The van der Waals surface area contributed by atoms with Crippen LogP contribution in [-0.2, 0) is 9.84 Å². The van der Waals surface area contributed by atoms with Crippen molar-refractivity contribution in [3.05, 3.63) is 29.6 Å². The summed E-state index contributed by atoms with van der Waals surface area (Å²) in [5.74, 6) is -1.72. The zero-order valence-electron chi connectivity index (χ0n) is 11.0. The molecule has 0 amide bonds. The van der Waals surface area contributed by atoms with Crippen molar-refractivity contribution in [1.82, 2.24) is 0 Å². The molecule has 0 unspecified atom stereocenters. The number of benzene rings is 1. The number of rotatable bonds is 7. The molecule has 0 fully saturated rings. The van der Waals surface area contributed by atoms with E-state index in [0.29, 0.717) is 6.42 Å². The number of unbranched alkanes of at least 4 members (excludes halogenated alkanes) is 1. The number of hydrogen-bond acceptors (Lipinski definition) is 4. The van der Waals surface area contributed by atoms with Crippen molar-refractivity contribution >= 4 is 15.6 Å². The molecule has 1 rings (SSSR count). The van der Waals surface area contributed by atoms with Gasteiger partial charge in [0.2, 0.25) is 0 Å². The molecule has 0 saturated heterocycles. The highest BCUT2D eigenvalue weighted by Crippen LogP contribution is 2.20. The van der Waals surface area contributed by atoms with Gasteiger partial charge in [0.1, 0.15) is 17.3 Å². The van der Waals surface area contributed by atoms with Crippen LogP contribution in [0.5, 0.6) is 5.75 Å². The number of ether oxygens (including phenoxy) is 1. The SMILES string of the molecule is CCCCS(=O)(=O)CC(=O)c1cc(F)ccc1OC. The van der Waals surface area contributed by atoms with Gasteiger partial charge in [0.25, 0.3) is 0 Å². The van der Waals surface area contributed by atoms with Gasteiger partial charge in [0.15, 0.2) is 15.6 Å². The number of sulfone groups is 1. The van der Waals surface area contributed by atoms with Crippen LogP contribution in [0.25, 0.3) is 0 Å². The largest absolute Gasteiger partial charge is 0.496 e. The minimum Gasteiger partial charge on any atom is -0.496 e. The van der Waals surface area contributed by atoms with Crippen molar-refractivity contribution in [3.63, 3.8) is 0 Å². The maximum Gasteiger partial charge on any atom is 0.181 e. The molecule has 0 N–H and O–H groups in total. The molecule has 1 aromatic rings. The average molecular weight is 288 g/mol. The number of carbonyl (C=O) groups is 1. The summed E-state index contributed by atoms with van der Waals surface area (Å²) in [4.78, 5) is 11.9. The Bertz CT molecular complexity index is 552. The van der Waals surface area contributed by atoms with E-state index in [-0.39, 0.29) is 17.1 Å². The van der Waals surface area contributed by atoms with Crippen LogP contribution < -0.4 is 4.74 Å². The Morgan fingerprint density at radius 1 is 1.37 bits per heavy atom. The highest BCUT2D eigenvalue weighted by Gasteiger charge is 2.20. The van der Waals surface area contributed by atoms with Gasteiger partial charge in [-0.2, -0.15) is 0 Å². The molecule has 6 heteroatoms. The third-order valence-corrected chi connectivity index (χ3v) is 4.23. The maximum atomic E-state index is 13.1. The molecule has 1 aromatic carbocycles. The monoisotopic (exact) mass is 288 g/mol. The summed E-state index contributed by atoms with van der Waals surface area (Å²) in [5.41, 5.74) is -0.0393. The number of Topliss-reactive ketones (excluding diaryl/α,β-unsaturated/α-hetero) is 1. The summed E-state index contributed by atoms with van der Waals surface area (Å²) in [5, 5.41) is 0. The molecule has 0 aromatic heterocycles. The van der Waals surface area contributed by atoms with Gasteiger partial charge in [-0.15, -0.1) is 0 Å². The van der Waals surface area contributed by atoms with Crippen molar-refractivity contribution in [1.29, 1.82) is 0 Å². The van der Waals surface area contributed by atoms with E-state index in [0.717, 1.165) is 18.6 Å². The molecule has 0 bridgehead atoms. The van der Waals surface area contributed by atoms with E-state index in [4.69, 9.17) is 4.74 Å². The van der Waals surface area contributed by atoms with Crippen molar-refractivity contribution in [2.75, 3.05) is 18.6 Å². The lowest BCUT2D eigenvalue weighted by Gasteiger charge is -2.08. The Kier molecular flexibility index (Phi) is 5.47. The van der Waals surface area contributed by atoms with E-state index in [9.17, 15) is 17.6 Å². The Labute approximate surface area is 112 Å². The molecule has 106 valence electrons. The first-order valence-corrected chi connectivity index (χ1v) is 7.79. The molecule has 0 atom stereocenters. The summed E-state index contributed by atoms with van der Waals surface area (Å²) >= 11 is 0. The van der Waals surface area contributed by atoms with Crippen LogP contribution in [0.3, 0.4) is 0 Å². The number of halogens is 1. The fourth-order valence-corrected chi connectivity index (χ4v) is 3.04. The Morgan fingerprint density at radius 3 is 2.63 bits per heavy atom. The predicted octanol–water partition coefficient (Wildman–Crippen LogP) is 2.23. The number of hydrogen-bond donors (Lipinski definition) is 0. The lowest BCUT2D eigenvalue weighted by atomic mass is 10.1. The fraction of sp³-hybridized carbons (Fsp3) is 0.462. The van der Waals surface area contributed by atoms with E-state index < -0.39 is 27.2 Å². The van der Waals surface area contributed by atoms with Crippen LogP contribution in [0.4, 0.5) is 4.39 Å². The smallest absolute Gasteiger partial charge is 0.181 e. The molecule has 0 radical (unpaired) electrons. The van der Waals surface area contributed by atoms with Crippen LogP contribution in [0, 0.1) is 5.82 Å². The zero-order valence-corrected chi connectivity index (χ0v) is 11.8. The van der Waals surface area contributed by atoms with Gasteiger partial charge in [-0.1, -0.05) is 13.3 Å². The molecule has 0 aliphatic heterocycles. The van der Waals surface area contributed by atoms with Crippen LogP contribution >= 0.6 is 0 Å². The standard InChI is InChI=1S/C13H17FO4S/c1-3-4-7-19(16,17)9-12(15)11-8-10(14)5-6-13(11)18-2/h5-6,8H,3-4,7,9H2,1-2H3. The Balaban J connectivity index is 2.92. The Morgan fingerprint density at radius 2 is 2.05 bits per heavy atom. The van der Waals surface area contributed by atoms with Gasteiger partial charge in [-0.05, 0) is 24.6 Å². The van der Waals surface area contributed by atoms with E-state index in [1.165, 1.54) is 13.2 Å².